The Labute approximate surface area is 368 Å². The van der Waals surface area contributed by atoms with Gasteiger partial charge in [-0.15, -0.1) is 0 Å². The molecule has 3 rings (SSSR count). The standard InChI is InChI=1S/C42H60BN4O15P/c1-5-9-12-17-31(34(7-3)47(27-48)58-28-60-63(54,55)59-25-29-15-13-11-14-16-29)39(50)44-26-45-41(52)36-21-20-35(61-36)30-18-19-32(37(23-30)56-8-4)40(51)46-33(24-38(49)62-43)42(53)57-22-10-6-2/h11,13-16,18-21,23,27,31,33-34,54-55,63H,5-10,12,17,22,24-26,28,43H2,1-4H3,(H,44,50)(H,45,52)(H,46,51)/t31-,33+,34-/m1/s1. The summed E-state index contributed by atoms with van der Waals surface area (Å²) in [6.07, 6.45) is 4.35. The van der Waals surface area contributed by atoms with Crippen molar-refractivity contribution < 1.29 is 71.0 Å². The fourth-order valence-electron chi connectivity index (χ4n) is 6.20. The van der Waals surface area contributed by atoms with Crippen molar-refractivity contribution in [2.75, 3.05) is 26.7 Å². The molecule has 0 unspecified atom stereocenters. The number of furan rings is 1. The molecule has 3 atom stereocenters. The maximum Gasteiger partial charge on any atom is 0.329 e. The first-order chi connectivity index (χ1) is 30.3. The van der Waals surface area contributed by atoms with Gasteiger partial charge in [-0.25, -0.2) is 4.79 Å². The molecule has 19 nitrogen and oxygen atoms in total. The van der Waals surface area contributed by atoms with Crippen LogP contribution in [0.15, 0.2) is 65.1 Å². The number of hydrogen-bond donors (Lipinski definition) is 5. The number of hydroxylamine groups is 2. The number of carbonyl (C=O) groups is 6. The van der Waals surface area contributed by atoms with Crippen LogP contribution in [0.4, 0.5) is 0 Å². The first kappa shape index (κ1) is 52.0. The summed E-state index contributed by atoms with van der Waals surface area (Å²) in [7, 11) is -3.46. The predicted octanol–water partition coefficient (Wildman–Crippen LogP) is 4.02. The molecule has 0 aliphatic heterocycles. The van der Waals surface area contributed by atoms with E-state index in [0.717, 1.165) is 24.3 Å². The molecular weight excluding hydrogens is 842 g/mol. The van der Waals surface area contributed by atoms with Crippen molar-refractivity contribution in [2.24, 2.45) is 5.92 Å². The second kappa shape index (κ2) is 27.6. The van der Waals surface area contributed by atoms with E-state index >= 15 is 0 Å². The van der Waals surface area contributed by atoms with Gasteiger partial charge in [-0.3, -0.25) is 9.59 Å². The van der Waals surface area contributed by atoms with Gasteiger partial charge < -0.3 is 23.9 Å². The average Bonchev–Trinajstić information content (AvgIpc) is 3.78. The van der Waals surface area contributed by atoms with E-state index in [4.69, 9.17) is 32.4 Å². The van der Waals surface area contributed by atoms with Gasteiger partial charge in [0.2, 0.25) is 0 Å². The van der Waals surface area contributed by atoms with E-state index in [2.05, 4.69) is 16.0 Å². The topological polar surface area (TPSA) is 251 Å². The molecule has 0 saturated carbocycles. The van der Waals surface area contributed by atoms with Gasteiger partial charge in [0, 0.05) is 5.56 Å². The summed E-state index contributed by atoms with van der Waals surface area (Å²) in [6, 6.07) is 14.2. The van der Waals surface area contributed by atoms with E-state index < -0.39 is 69.0 Å². The number of esters is 1. The van der Waals surface area contributed by atoms with Crippen LogP contribution in [0.3, 0.4) is 0 Å². The Morgan fingerprint density at radius 3 is 2.32 bits per heavy atom. The first-order valence-corrected chi connectivity index (χ1v) is 22.6. The zero-order valence-corrected chi connectivity index (χ0v) is 37.4. The summed E-state index contributed by atoms with van der Waals surface area (Å²) in [6.45, 7) is 6.57. The molecular formula is C42H60BN4O15P. The number of rotatable bonds is 30. The van der Waals surface area contributed by atoms with Crippen LogP contribution in [-0.2, 0) is 49.1 Å². The molecule has 0 radical (unpaired) electrons. The van der Waals surface area contributed by atoms with Gasteiger partial charge >= 0.3 is 214 Å². The minimum Gasteiger partial charge on any atom is -0.493 e. The van der Waals surface area contributed by atoms with Gasteiger partial charge in [0.05, 0.1) is 25.2 Å². The number of carbonyl (C=O) groups excluding carboxylic acids is 6. The molecule has 3 aromatic rings. The molecule has 0 bridgehead atoms. The molecule has 4 amide bonds. The molecule has 0 aliphatic rings. The van der Waals surface area contributed by atoms with Gasteiger partial charge in [-0.2, -0.15) is 0 Å². The molecule has 63 heavy (non-hydrogen) atoms. The maximum absolute atomic E-state index is 13.6. The Hall–Kier alpha value is -5.37. The third kappa shape index (κ3) is 17.4. The summed E-state index contributed by atoms with van der Waals surface area (Å²) < 4.78 is 31.7. The number of benzene rings is 2. The SMILES string of the molecule is BOC(=O)C[C@H](NC(=O)c1ccc(-c2ccc(C(=O)NCNC(=O)[C@H](CCCCC)[C@@H](CC)N(C=O)OCO[PH](O)(O)OCc3ccccc3)o2)cc1OCC)C(=O)OCCCC. The van der Waals surface area contributed by atoms with Crippen molar-refractivity contribution in [1.82, 2.24) is 21.0 Å². The van der Waals surface area contributed by atoms with E-state index in [9.17, 15) is 38.6 Å². The molecule has 1 aromatic heterocycles. The molecule has 0 aliphatic carbocycles. The Morgan fingerprint density at radius 1 is 0.905 bits per heavy atom. The normalized spacial score (nSPS) is 12.9. The maximum atomic E-state index is 13.6. The quantitative estimate of drug-likeness (QED) is 0.0121. The molecule has 5 N–H and O–H groups in total. The summed E-state index contributed by atoms with van der Waals surface area (Å²) >= 11 is 0. The second-order valence-corrected chi connectivity index (χ2v) is 15.8. The largest absolute Gasteiger partial charge is 0.493 e. The minimum atomic E-state index is -4.63. The van der Waals surface area contributed by atoms with Gasteiger partial charge in [0.25, 0.3) is 11.9 Å². The van der Waals surface area contributed by atoms with Crippen molar-refractivity contribution in [1.29, 1.82) is 0 Å². The van der Waals surface area contributed by atoms with Crippen molar-refractivity contribution in [2.45, 2.75) is 97.8 Å². The van der Waals surface area contributed by atoms with Crippen LogP contribution >= 0.6 is 8.17 Å². The monoisotopic (exact) mass is 902 g/mol. The van der Waals surface area contributed by atoms with Gasteiger partial charge in [0.15, 0.2) is 0 Å². The number of amides is 4. The van der Waals surface area contributed by atoms with Crippen molar-refractivity contribution in [3.05, 3.63) is 77.6 Å². The summed E-state index contributed by atoms with van der Waals surface area (Å²) in [5, 5.41) is 8.74. The van der Waals surface area contributed by atoms with Gasteiger partial charge in [-0.1, -0.05) is 19.4 Å². The van der Waals surface area contributed by atoms with Crippen LogP contribution in [0, 0.1) is 5.92 Å². The minimum absolute atomic E-state index is 0.0645. The number of nitrogens with zero attached hydrogens (tertiary/aromatic N) is 1. The van der Waals surface area contributed by atoms with Crippen LogP contribution in [0.2, 0.25) is 0 Å². The fraction of sp³-hybridized carbons (Fsp3) is 0.476. The van der Waals surface area contributed by atoms with Crippen LogP contribution in [0.1, 0.15) is 106 Å². The Bertz CT molecular complexity index is 1920. The Kier molecular flexibility index (Phi) is 22.8. The van der Waals surface area contributed by atoms with E-state index in [1.165, 1.54) is 26.2 Å². The van der Waals surface area contributed by atoms with Crippen molar-refractivity contribution in [3.63, 3.8) is 0 Å². The second-order valence-electron chi connectivity index (χ2n) is 14.1. The smallest absolute Gasteiger partial charge is 0.329 e. The van der Waals surface area contributed by atoms with Crippen molar-refractivity contribution in [3.8, 4) is 17.1 Å². The number of ether oxygens (including phenoxy) is 2. The average molecular weight is 903 g/mol. The van der Waals surface area contributed by atoms with E-state index in [1.807, 2.05) is 13.8 Å². The fourth-order valence-corrected chi connectivity index (χ4v) is 6.84. The molecule has 0 saturated heterocycles. The van der Waals surface area contributed by atoms with E-state index in [-0.39, 0.29) is 55.7 Å². The molecule has 21 heteroatoms. The summed E-state index contributed by atoms with van der Waals surface area (Å²) in [5.41, 5.74) is 1.20. The Balaban J connectivity index is 1.64. The molecule has 0 fully saturated rings. The zero-order chi connectivity index (χ0) is 46.2. The zero-order valence-electron chi connectivity index (χ0n) is 36.4. The number of nitrogens with one attached hydrogen (secondary N) is 3. The third-order valence-electron chi connectivity index (χ3n) is 9.57. The number of hydrogen-bond acceptors (Lipinski definition) is 15. The first-order valence-electron chi connectivity index (χ1n) is 20.9. The van der Waals surface area contributed by atoms with E-state index in [0.29, 0.717) is 36.8 Å². The van der Waals surface area contributed by atoms with Crippen LogP contribution in [-0.4, -0.2) is 97.7 Å². The van der Waals surface area contributed by atoms with Crippen LogP contribution in [0.5, 0.6) is 5.75 Å². The summed E-state index contributed by atoms with van der Waals surface area (Å²) in [5.74, 6) is -3.78. The predicted molar refractivity (Wildman–Crippen MR) is 233 cm³/mol. The molecule has 2 aromatic carbocycles. The molecule has 346 valence electrons. The third-order valence-corrected chi connectivity index (χ3v) is 10.6. The summed E-state index contributed by atoms with van der Waals surface area (Å²) in [4.78, 5) is 103. The van der Waals surface area contributed by atoms with Gasteiger partial charge in [-0.05, 0) is 37.6 Å². The number of unbranched alkanes of at least 4 members (excludes halogenated alkanes) is 3. The van der Waals surface area contributed by atoms with Crippen molar-refractivity contribution >= 4 is 52.3 Å². The van der Waals surface area contributed by atoms with Crippen LogP contribution in [0.25, 0.3) is 11.3 Å². The molecule has 1 heterocycles. The molecule has 0 spiro atoms. The Morgan fingerprint density at radius 2 is 1.65 bits per heavy atom. The van der Waals surface area contributed by atoms with Crippen LogP contribution < -0.4 is 20.7 Å². The van der Waals surface area contributed by atoms with Gasteiger partial charge in [0.1, 0.15) is 17.6 Å². The van der Waals surface area contributed by atoms with E-state index in [1.54, 1.807) is 56.3 Å².